The van der Waals surface area contributed by atoms with E-state index in [1.54, 1.807) is 6.92 Å². The van der Waals surface area contributed by atoms with Crippen molar-refractivity contribution >= 4 is 11.9 Å². The van der Waals surface area contributed by atoms with E-state index in [4.69, 9.17) is 14.2 Å². The quantitative estimate of drug-likeness (QED) is 0.0482. The first kappa shape index (κ1) is 38.8. The Morgan fingerprint density at radius 1 is 0.650 bits per heavy atom. The van der Waals surface area contributed by atoms with E-state index in [2.05, 4.69) is 12.2 Å². The van der Waals surface area contributed by atoms with Gasteiger partial charge in [-0.1, -0.05) is 129 Å². The van der Waals surface area contributed by atoms with Crippen LogP contribution in [-0.4, -0.2) is 56.2 Å². The van der Waals surface area contributed by atoms with Crippen LogP contribution < -0.4 is 5.32 Å². The molecule has 0 saturated carbocycles. The molecular formula is C33H65NO6. The maximum Gasteiger partial charge on any atom is 0.306 e. The molecule has 238 valence electrons. The molecule has 1 amide bonds. The summed E-state index contributed by atoms with van der Waals surface area (Å²) < 4.78 is 16.3. The lowest BCUT2D eigenvalue weighted by atomic mass is 10.0. The predicted molar refractivity (Wildman–Crippen MR) is 164 cm³/mol. The van der Waals surface area contributed by atoms with Gasteiger partial charge < -0.3 is 24.6 Å². The van der Waals surface area contributed by atoms with Gasteiger partial charge in [0.2, 0.25) is 5.91 Å². The lowest BCUT2D eigenvalue weighted by molar-refractivity contribution is -0.159. The van der Waals surface area contributed by atoms with Gasteiger partial charge in [-0.3, -0.25) is 9.59 Å². The van der Waals surface area contributed by atoms with Crippen molar-refractivity contribution in [3.63, 3.8) is 0 Å². The molecule has 0 bridgehead atoms. The van der Waals surface area contributed by atoms with Crippen LogP contribution in [0.1, 0.15) is 162 Å². The largest absolute Gasteiger partial charge is 0.457 e. The molecule has 7 heteroatoms. The normalized spacial score (nSPS) is 12.0. The Kier molecular flexibility index (Phi) is 31.4. The molecule has 7 nitrogen and oxygen atoms in total. The number of aliphatic hydroxyl groups excluding tert-OH is 1. The lowest BCUT2D eigenvalue weighted by Crippen LogP contribution is -2.27. The molecule has 1 atom stereocenters. The molecule has 0 aliphatic carbocycles. The molecular weight excluding hydrogens is 506 g/mol. The Balaban J connectivity index is 3.39. The number of carbonyl (C=O) groups is 2. The maximum absolute atomic E-state index is 12.1. The zero-order chi connectivity index (χ0) is 29.4. The first-order valence-corrected chi connectivity index (χ1v) is 16.8. The fourth-order valence-electron chi connectivity index (χ4n) is 4.78. The molecule has 40 heavy (non-hydrogen) atoms. The second-order valence-electron chi connectivity index (χ2n) is 11.3. The summed E-state index contributed by atoms with van der Waals surface area (Å²) in [5.41, 5.74) is 0. The van der Waals surface area contributed by atoms with Crippen molar-refractivity contribution in [2.75, 3.05) is 33.2 Å². The van der Waals surface area contributed by atoms with E-state index >= 15 is 0 Å². The van der Waals surface area contributed by atoms with Crippen LogP contribution in [-0.2, 0) is 23.8 Å². The molecule has 0 heterocycles. The summed E-state index contributed by atoms with van der Waals surface area (Å²) in [6, 6.07) is 0. The Morgan fingerprint density at radius 2 is 1.12 bits per heavy atom. The number of rotatable bonds is 32. The monoisotopic (exact) mass is 571 g/mol. The van der Waals surface area contributed by atoms with Crippen molar-refractivity contribution in [2.45, 2.75) is 168 Å². The third kappa shape index (κ3) is 31.3. The second kappa shape index (κ2) is 32.3. The van der Waals surface area contributed by atoms with Gasteiger partial charge >= 0.3 is 5.97 Å². The highest BCUT2D eigenvalue weighted by molar-refractivity contribution is 5.72. The molecule has 0 aliphatic heterocycles. The van der Waals surface area contributed by atoms with Gasteiger partial charge in [-0.25, -0.2) is 0 Å². The van der Waals surface area contributed by atoms with Crippen molar-refractivity contribution < 1.29 is 28.9 Å². The molecule has 0 saturated heterocycles. The third-order valence-corrected chi connectivity index (χ3v) is 7.30. The van der Waals surface area contributed by atoms with Crippen molar-refractivity contribution in [3.05, 3.63) is 0 Å². The van der Waals surface area contributed by atoms with E-state index in [0.29, 0.717) is 13.0 Å². The van der Waals surface area contributed by atoms with Gasteiger partial charge in [-0.15, -0.1) is 0 Å². The summed E-state index contributed by atoms with van der Waals surface area (Å²) in [5, 5.41) is 12.3. The molecule has 0 radical (unpaired) electrons. The summed E-state index contributed by atoms with van der Waals surface area (Å²) in [5.74, 6) is -0.191. The number of carbonyl (C=O) groups excluding carboxylic acids is 2. The molecule has 0 aromatic heterocycles. The number of esters is 1. The van der Waals surface area contributed by atoms with Crippen LogP contribution in [0.25, 0.3) is 0 Å². The van der Waals surface area contributed by atoms with Gasteiger partial charge in [0.25, 0.3) is 0 Å². The third-order valence-electron chi connectivity index (χ3n) is 7.30. The minimum absolute atomic E-state index is 0.0612. The minimum atomic E-state index is -0.620. The standard InChI is InChI=1S/C33H65NO6/c1-3-4-5-6-7-8-9-10-13-16-19-22-25-33(37)40-32(28-35)29-39-30-38-27-24-21-18-15-12-11-14-17-20-23-26-34-31(2)36/h32,35H,3-30H2,1-2H3,(H,34,36)/t32-/m0/s1. The Morgan fingerprint density at radius 3 is 1.62 bits per heavy atom. The predicted octanol–water partition coefficient (Wildman–Crippen LogP) is 8.01. The van der Waals surface area contributed by atoms with Crippen molar-refractivity contribution in [1.29, 1.82) is 0 Å². The summed E-state index contributed by atoms with van der Waals surface area (Å²) in [4.78, 5) is 22.8. The molecule has 0 unspecified atom stereocenters. The summed E-state index contributed by atoms with van der Waals surface area (Å²) in [6.45, 7) is 5.38. The van der Waals surface area contributed by atoms with E-state index in [1.807, 2.05) is 0 Å². The number of hydrogen-bond donors (Lipinski definition) is 2. The fraction of sp³-hybridized carbons (Fsp3) is 0.939. The van der Waals surface area contributed by atoms with Crippen molar-refractivity contribution in [1.82, 2.24) is 5.32 Å². The van der Waals surface area contributed by atoms with Gasteiger partial charge in [-0.2, -0.15) is 0 Å². The smallest absolute Gasteiger partial charge is 0.306 e. The van der Waals surface area contributed by atoms with Crippen LogP contribution in [0, 0.1) is 0 Å². The lowest BCUT2D eigenvalue weighted by Gasteiger charge is -2.16. The zero-order valence-corrected chi connectivity index (χ0v) is 26.4. The SMILES string of the molecule is CCCCCCCCCCCCCCC(=O)O[C@@H](CO)COCOCCCCCCCCCCCCNC(C)=O. The average Bonchev–Trinajstić information content (AvgIpc) is 2.94. The van der Waals surface area contributed by atoms with Gasteiger partial charge in [0.15, 0.2) is 0 Å². The van der Waals surface area contributed by atoms with E-state index in [-0.39, 0.29) is 31.9 Å². The summed E-state index contributed by atoms with van der Waals surface area (Å²) in [6.07, 6.45) is 27.0. The Labute approximate surface area is 246 Å². The van der Waals surface area contributed by atoms with Gasteiger partial charge in [0.05, 0.1) is 13.2 Å². The molecule has 0 spiro atoms. The summed E-state index contributed by atoms with van der Waals surface area (Å²) >= 11 is 0. The van der Waals surface area contributed by atoms with Crippen LogP contribution in [0.15, 0.2) is 0 Å². The molecule has 0 aromatic rings. The number of amides is 1. The highest BCUT2D eigenvalue weighted by Gasteiger charge is 2.13. The Bertz CT molecular complexity index is 545. The van der Waals surface area contributed by atoms with E-state index < -0.39 is 6.10 Å². The highest BCUT2D eigenvalue weighted by Crippen LogP contribution is 2.13. The van der Waals surface area contributed by atoms with Gasteiger partial charge in [0, 0.05) is 26.5 Å². The highest BCUT2D eigenvalue weighted by atomic mass is 16.7. The van der Waals surface area contributed by atoms with Crippen LogP contribution in [0.4, 0.5) is 0 Å². The van der Waals surface area contributed by atoms with Gasteiger partial charge in [-0.05, 0) is 19.3 Å². The molecule has 0 fully saturated rings. The first-order valence-electron chi connectivity index (χ1n) is 16.8. The number of unbranched alkanes of at least 4 members (excludes halogenated alkanes) is 20. The van der Waals surface area contributed by atoms with Gasteiger partial charge in [0.1, 0.15) is 12.9 Å². The first-order chi connectivity index (χ1) is 19.6. The number of ether oxygens (including phenoxy) is 3. The minimum Gasteiger partial charge on any atom is -0.457 e. The number of nitrogens with one attached hydrogen (secondary N) is 1. The molecule has 2 N–H and O–H groups in total. The molecule has 0 aromatic carbocycles. The zero-order valence-electron chi connectivity index (χ0n) is 26.4. The van der Waals surface area contributed by atoms with Crippen LogP contribution in [0.2, 0.25) is 0 Å². The van der Waals surface area contributed by atoms with Crippen LogP contribution in [0.3, 0.4) is 0 Å². The van der Waals surface area contributed by atoms with E-state index in [0.717, 1.165) is 38.6 Å². The second-order valence-corrected chi connectivity index (χ2v) is 11.3. The van der Waals surface area contributed by atoms with Crippen LogP contribution >= 0.6 is 0 Å². The van der Waals surface area contributed by atoms with E-state index in [1.165, 1.54) is 109 Å². The topological polar surface area (TPSA) is 94.1 Å². The van der Waals surface area contributed by atoms with Crippen molar-refractivity contribution in [3.8, 4) is 0 Å². The van der Waals surface area contributed by atoms with Crippen molar-refractivity contribution in [2.24, 2.45) is 0 Å². The molecule has 0 rings (SSSR count). The average molecular weight is 572 g/mol. The number of aliphatic hydroxyl groups is 1. The number of hydrogen-bond acceptors (Lipinski definition) is 6. The summed E-state index contributed by atoms with van der Waals surface area (Å²) in [7, 11) is 0. The fourth-order valence-corrected chi connectivity index (χ4v) is 4.78. The Hall–Kier alpha value is -1.18. The maximum atomic E-state index is 12.1. The van der Waals surface area contributed by atoms with E-state index in [9.17, 15) is 14.7 Å². The van der Waals surface area contributed by atoms with Crippen LogP contribution in [0.5, 0.6) is 0 Å². The molecule has 0 aliphatic rings.